The second-order valence-corrected chi connectivity index (χ2v) is 4.18. The standard InChI is InChI=1S/C12H24O/c1-3-5-8-11-9-6-7-10-12(11)13-4-2/h11-12H,3-10H2,1-2H3/t11-,12+/m1/s1. The third-order valence-corrected chi connectivity index (χ3v) is 3.15. The minimum absolute atomic E-state index is 0.588. The van der Waals surface area contributed by atoms with Gasteiger partial charge < -0.3 is 4.74 Å². The molecule has 1 heteroatoms. The van der Waals surface area contributed by atoms with Gasteiger partial charge in [-0.3, -0.25) is 0 Å². The van der Waals surface area contributed by atoms with Crippen molar-refractivity contribution in [3.05, 3.63) is 0 Å². The highest BCUT2D eigenvalue weighted by Gasteiger charge is 2.24. The van der Waals surface area contributed by atoms with E-state index in [1.165, 1.54) is 44.9 Å². The van der Waals surface area contributed by atoms with Crippen molar-refractivity contribution >= 4 is 0 Å². The average molecular weight is 184 g/mol. The molecule has 0 spiro atoms. The molecule has 1 aliphatic carbocycles. The van der Waals surface area contributed by atoms with Crippen molar-refractivity contribution in [2.24, 2.45) is 5.92 Å². The summed E-state index contributed by atoms with van der Waals surface area (Å²) in [4.78, 5) is 0. The molecule has 0 aromatic heterocycles. The first-order chi connectivity index (χ1) is 6.38. The molecule has 0 unspecified atom stereocenters. The van der Waals surface area contributed by atoms with Crippen molar-refractivity contribution in [1.82, 2.24) is 0 Å². The van der Waals surface area contributed by atoms with Gasteiger partial charge in [0.25, 0.3) is 0 Å². The van der Waals surface area contributed by atoms with Crippen molar-refractivity contribution in [2.75, 3.05) is 6.61 Å². The van der Waals surface area contributed by atoms with Crippen molar-refractivity contribution in [3.63, 3.8) is 0 Å². The lowest BCUT2D eigenvalue weighted by Gasteiger charge is -2.31. The Hall–Kier alpha value is -0.0400. The molecule has 13 heavy (non-hydrogen) atoms. The molecule has 0 aliphatic heterocycles. The van der Waals surface area contributed by atoms with Crippen molar-refractivity contribution < 1.29 is 4.74 Å². The number of hydrogen-bond donors (Lipinski definition) is 0. The summed E-state index contributed by atoms with van der Waals surface area (Å²) in [5.74, 6) is 0.869. The van der Waals surface area contributed by atoms with Crippen molar-refractivity contribution in [2.45, 2.75) is 64.9 Å². The van der Waals surface area contributed by atoms with Crippen LogP contribution in [-0.2, 0) is 4.74 Å². The lowest BCUT2D eigenvalue weighted by Crippen LogP contribution is -2.27. The van der Waals surface area contributed by atoms with Gasteiger partial charge >= 0.3 is 0 Å². The Labute approximate surface area is 82.9 Å². The van der Waals surface area contributed by atoms with Gasteiger partial charge in [-0.1, -0.05) is 32.6 Å². The molecule has 1 aliphatic rings. The van der Waals surface area contributed by atoms with Crippen molar-refractivity contribution in [3.8, 4) is 0 Å². The molecule has 0 N–H and O–H groups in total. The van der Waals surface area contributed by atoms with E-state index >= 15 is 0 Å². The highest BCUT2D eigenvalue weighted by atomic mass is 16.5. The maximum absolute atomic E-state index is 5.79. The van der Waals surface area contributed by atoms with Crippen molar-refractivity contribution in [1.29, 1.82) is 0 Å². The summed E-state index contributed by atoms with van der Waals surface area (Å²) < 4.78 is 5.79. The zero-order chi connectivity index (χ0) is 9.52. The van der Waals surface area contributed by atoms with E-state index in [2.05, 4.69) is 13.8 Å². The topological polar surface area (TPSA) is 9.23 Å². The average Bonchev–Trinajstić information content (AvgIpc) is 2.17. The highest BCUT2D eigenvalue weighted by molar-refractivity contribution is 4.75. The quantitative estimate of drug-likeness (QED) is 0.632. The maximum atomic E-state index is 5.79. The Balaban J connectivity index is 2.28. The highest BCUT2D eigenvalue weighted by Crippen LogP contribution is 2.30. The van der Waals surface area contributed by atoms with Gasteiger partial charge in [0, 0.05) is 6.61 Å². The van der Waals surface area contributed by atoms with E-state index in [0.29, 0.717) is 6.10 Å². The van der Waals surface area contributed by atoms with Crippen LogP contribution in [0.2, 0.25) is 0 Å². The summed E-state index contributed by atoms with van der Waals surface area (Å²) in [5.41, 5.74) is 0. The van der Waals surface area contributed by atoms with E-state index in [0.717, 1.165) is 12.5 Å². The predicted molar refractivity (Wildman–Crippen MR) is 56.9 cm³/mol. The van der Waals surface area contributed by atoms with E-state index in [1.54, 1.807) is 0 Å². The zero-order valence-corrected chi connectivity index (χ0v) is 9.22. The zero-order valence-electron chi connectivity index (χ0n) is 9.22. The van der Waals surface area contributed by atoms with Crippen LogP contribution in [0, 0.1) is 5.92 Å². The number of rotatable bonds is 5. The summed E-state index contributed by atoms with van der Waals surface area (Å²) in [6.07, 6.45) is 10.2. The Morgan fingerprint density at radius 2 is 1.92 bits per heavy atom. The van der Waals surface area contributed by atoms with Crippen LogP contribution >= 0.6 is 0 Å². The summed E-state index contributed by atoms with van der Waals surface area (Å²) in [7, 11) is 0. The van der Waals surface area contributed by atoms with Gasteiger partial charge in [-0.15, -0.1) is 0 Å². The van der Waals surface area contributed by atoms with Crippen LogP contribution in [0.3, 0.4) is 0 Å². The first kappa shape index (κ1) is 11.0. The summed E-state index contributed by atoms with van der Waals surface area (Å²) in [5, 5.41) is 0. The van der Waals surface area contributed by atoms with Crippen LogP contribution in [0.4, 0.5) is 0 Å². The number of ether oxygens (including phenoxy) is 1. The molecule has 1 nitrogen and oxygen atoms in total. The molecule has 0 radical (unpaired) electrons. The van der Waals surface area contributed by atoms with Gasteiger partial charge in [0.15, 0.2) is 0 Å². The lowest BCUT2D eigenvalue weighted by molar-refractivity contribution is -0.00752. The number of unbranched alkanes of at least 4 members (excludes halogenated alkanes) is 1. The summed E-state index contributed by atoms with van der Waals surface area (Å²) in [6, 6.07) is 0. The molecule has 1 rings (SSSR count). The molecular formula is C12H24O. The molecule has 1 saturated carbocycles. The van der Waals surface area contributed by atoms with Crippen LogP contribution in [-0.4, -0.2) is 12.7 Å². The minimum atomic E-state index is 0.588. The summed E-state index contributed by atoms with van der Waals surface area (Å²) >= 11 is 0. The first-order valence-electron chi connectivity index (χ1n) is 6.00. The second-order valence-electron chi connectivity index (χ2n) is 4.18. The Kier molecular flexibility index (Phi) is 5.45. The van der Waals surface area contributed by atoms with E-state index in [9.17, 15) is 0 Å². The summed E-state index contributed by atoms with van der Waals surface area (Å²) in [6.45, 7) is 5.29. The molecule has 0 amide bonds. The van der Waals surface area contributed by atoms with E-state index in [-0.39, 0.29) is 0 Å². The normalized spacial score (nSPS) is 29.1. The molecule has 1 fully saturated rings. The molecule has 0 saturated heterocycles. The third kappa shape index (κ3) is 3.68. The predicted octanol–water partition coefficient (Wildman–Crippen LogP) is 3.77. The fraction of sp³-hybridized carbons (Fsp3) is 1.00. The molecule has 78 valence electrons. The van der Waals surface area contributed by atoms with E-state index < -0.39 is 0 Å². The van der Waals surface area contributed by atoms with Gasteiger partial charge in [0.05, 0.1) is 6.10 Å². The molecule has 2 atom stereocenters. The largest absolute Gasteiger partial charge is 0.378 e. The van der Waals surface area contributed by atoms with Crippen LogP contribution in [0.15, 0.2) is 0 Å². The first-order valence-corrected chi connectivity index (χ1v) is 6.00. The van der Waals surface area contributed by atoms with Crippen LogP contribution < -0.4 is 0 Å². The Bertz CT molecular complexity index is 120. The van der Waals surface area contributed by atoms with E-state index in [4.69, 9.17) is 4.74 Å². The minimum Gasteiger partial charge on any atom is -0.378 e. The molecular weight excluding hydrogens is 160 g/mol. The molecule has 0 bridgehead atoms. The fourth-order valence-electron chi connectivity index (χ4n) is 2.40. The van der Waals surface area contributed by atoms with Crippen LogP contribution in [0.25, 0.3) is 0 Å². The van der Waals surface area contributed by atoms with Crippen LogP contribution in [0.1, 0.15) is 58.8 Å². The smallest absolute Gasteiger partial charge is 0.0603 e. The van der Waals surface area contributed by atoms with Gasteiger partial charge in [0.2, 0.25) is 0 Å². The van der Waals surface area contributed by atoms with Gasteiger partial charge in [-0.25, -0.2) is 0 Å². The van der Waals surface area contributed by atoms with Gasteiger partial charge in [-0.05, 0) is 32.1 Å². The fourth-order valence-corrected chi connectivity index (χ4v) is 2.40. The SMILES string of the molecule is CCCC[C@@H]1CCCC[C@@H]1OCC. The maximum Gasteiger partial charge on any atom is 0.0603 e. The molecule has 0 aromatic rings. The van der Waals surface area contributed by atoms with Crippen LogP contribution in [0.5, 0.6) is 0 Å². The molecule has 0 aromatic carbocycles. The van der Waals surface area contributed by atoms with Gasteiger partial charge in [-0.2, -0.15) is 0 Å². The van der Waals surface area contributed by atoms with Gasteiger partial charge in [0.1, 0.15) is 0 Å². The van der Waals surface area contributed by atoms with E-state index in [1.807, 2.05) is 0 Å². The lowest BCUT2D eigenvalue weighted by atomic mass is 9.83. The third-order valence-electron chi connectivity index (χ3n) is 3.15. The molecule has 0 heterocycles. The Morgan fingerprint density at radius 1 is 1.15 bits per heavy atom. The second kappa shape index (κ2) is 6.42. The monoisotopic (exact) mass is 184 g/mol. The number of hydrogen-bond acceptors (Lipinski definition) is 1. The Morgan fingerprint density at radius 3 is 2.62 bits per heavy atom.